The van der Waals surface area contributed by atoms with Gasteiger partial charge >= 0.3 is 5.63 Å². The molecule has 1 aliphatic heterocycles. The molecule has 1 aromatic heterocycles. The molecule has 7 heteroatoms. The number of fused-ring (bicyclic) bond motifs is 1. The molecule has 0 radical (unpaired) electrons. The fourth-order valence-electron chi connectivity index (χ4n) is 4.11. The maximum Gasteiger partial charge on any atom is 0.344 e. The van der Waals surface area contributed by atoms with E-state index in [9.17, 15) is 9.59 Å². The molecule has 1 fully saturated rings. The van der Waals surface area contributed by atoms with E-state index in [0.717, 1.165) is 24.2 Å². The fraction of sp³-hybridized carbons (Fsp3) is 0.185. The second-order valence-corrected chi connectivity index (χ2v) is 8.00. The Bertz CT molecular complexity index is 1410. The number of carbonyl (C=O) groups is 1. The lowest BCUT2D eigenvalue weighted by molar-refractivity contribution is 0.102. The zero-order chi connectivity index (χ0) is 23.5. The Labute approximate surface area is 196 Å². The van der Waals surface area contributed by atoms with Crippen molar-refractivity contribution in [1.29, 1.82) is 0 Å². The molecule has 0 spiro atoms. The number of hydrogen-bond acceptors (Lipinski definition) is 6. The number of methoxy groups -OCH3 is 1. The van der Waals surface area contributed by atoms with Gasteiger partial charge in [0.2, 0.25) is 0 Å². The topological polar surface area (TPSA) is 81.0 Å². The van der Waals surface area contributed by atoms with Crippen molar-refractivity contribution in [2.24, 2.45) is 0 Å². The molecule has 0 aliphatic carbocycles. The third-order valence-electron chi connectivity index (χ3n) is 5.88. The van der Waals surface area contributed by atoms with Gasteiger partial charge in [0.05, 0.1) is 37.3 Å². The first-order valence-electron chi connectivity index (χ1n) is 11.1. The van der Waals surface area contributed by atoms with Crippen molar-refractivity contribution in [2.45, 2.75) is 0 Å². The number of para-hydroxylation sites is 1. The van der Waals surface area contributed by atoms with Crippen LogP contribution in [-0.2, 0) is 4.74 Å². The maximum absolute atomic E-state index is 13.2. The van der Waals surface area contributed by atoms with Crippen molar-refractivity contribution in [2.75, 3.05) is 43.6 Å². The summed E-state index contributed by atoms with van der Waals surface area (Å²) in [7, 11) is 1.59. The van der Waals surface area contributed by atoms with E-state index >= 15 is 0 Å². The van der Waals surface area contributed by atoms with E-state index in [1.165, 1.54) is 0 Å². The van der Waals surface area contributed by atoms with E-state index in [2.05, 4.69) is 10.2 Å². The van der Waals surface area contributed by atoms with Crippen LogP contribution in [0.1, 0.15) is 10.4 Å². The van der Waals surface area contributed by atoms with Gasteiger partial charge in [-0.05, 0) is 42.0 Å². The van der Waals surface area contributed by atoms with Gasteiger partial charge in [0.15, 0.2) is 0 Å². The third-order valence-corrected chi connectivity index (χ3v) is 5.88. The first kappa shape index (κ1) is 21.7. The van der Waals surface area contributed by atoms with Crippen LogP contribution in [0, 0.1) is 0 Å². The minimum absolute atomic E-state index is 0.283. The van der Waals surface area contributed by atoms with Crippen molar-refractivity contribution < 1.29 is 18.7 Å². The number of nitrogens with one attached hydrogen (secondary N) is 1. The van der Waals surface area contributed by atoms with E-state index in [1.54, 1.807) is 43.5 Å². The summed E-state index contributed by atoms with van der Waals surface area (Å²) < 4.78 is 16.3. The van der Waals surface area contributed by atoms with Gasteiger partial charge in [0.25, 0.3) is 5.91 Å². The number of ether oxygens (including phenoxy) is 2. The van der Waals surface area contributed by atoms with Crippen LogP contribution in [0.2, 0.25) is 0 Å². The molecule has 1 amide bonds. The van der Waals surface area contributed by atoms with Gasteiger partial charge in [-0.3, -0.25) is 4.79 Å². The third kappa shape index (κ3) is 4.38. The van der Waals surface area contributed by atoms with Crippen molar-refractivity contribution >= 4 is 28.3 Å². The number of anilines is 2. The Morgan fingerprint density at radius 1 is 0.971 bits per heavy atom. The molecule has 1 aliphatic rings. The van der Waals surface area contributed by atoms with E-state index in [0.29, 0.717) is 46.9 Å². The summed E-state index contributed by atoms with van der Waals surface area (Å²) in [6.45, 7) is 2.75. The van der Waals surface area contributed by atoms with Gasteiger partial charge in [-0.25, -0.2) is 4.79 Å². The van der Waals surface area contributed by atoms with Gasteiger partial charge in [-0.15, -0.1) is 0 Å². The highest BCUT2D eigenvalue weighted by atomic mass is 16.5. The highest BCUT2D eigenvalue weighted by Crippen LogP contribution is 2.31. The molecule has 1 saturated heterocycles. The van der Waals surface area contributed by atoms with Gasteiger partial charge in [0, 0.05) is 30.1 Å². The van der Waals surface area contributed by atoms with E-state index < -0.39 is 5.63 Å². The lowest BCUT2D eigenvalue weighted by atomic mass is 10.0. The molecule has 0 saturated carbocycles. The molecular weight excluding hydrogens is 432 g/mol. The monoisotopic (exact) mass is 456 g/mol. The van der Waals surface area contributed by atoms with Crippen molar-refractivity contribution in [3.05, 3.63) is 88.8 Å². The predicted molar refractivity (Wildman–Crippen MR) is 132 cm³/mol. The van der Waals surface area contributed by atoms with Crippen LogP contribution in [0.4, 0.5) is 11.4 Å². The molecule has 34 heavy (non-hydrogen) atoms. The Morgan fingerprint density at radius 2 is 1.79 bits per heavy atom. The highest BCUT2D eigenvalue weighted by Gasteiger charge is 2.18. The summed E-state index contributed by atoms with van der Waals surface area (Å²) in [6, 6.07) is 21.7. The number of nitrogens with zero attached hydrogens (tertiary/aromatic N) is 1. The summed E-state index contributed by atoms with van der Waals surface area (Å²) in [5.41, 5.74) is 3.10. The molecule has 5 rings (SSSR count). The summed E-state index contributed by atoms with van der Waals surface area (Å²) >= 11 is 0. The minimum Gasteiger partial charge on any atom is -0.497 e. The fourth-order valence-corrected chi connectivity index (χ4v) is 4.11. The first-order valence-corrected chi connectivity index (χ1v) is 11.1. The number of morpholine rings is 1. The van der Waals surface area contributed by atoms with Crippen LogP contribution < -0.4 is 20.6 Å². The molecular formula is C27H24N2O5. The summed E-state index contributed by atoms with van der Waals surface area (Å²) in [5.74, 6) is 0.365. The average Bonchev–Trinajstić information content (AvgIpc) is 2.88. The Kier molecular flexibility index (Phi) is 6.01. The van der Waals surface area contributed by atoms with Crippen LogP contribution in [0.3, 0.4) is 0 Å². The standard InChI is InChI=1S/C27H24N2O5/c1-32-21-9-10-24(29-11-13-33-14-12-29)23(17-21)28-26(30)20-7-4-6-18(15-20)22-16-19-5-2-3-8-25(19)34-27(22)31/h2-10,15-17H,11-14H2,1H3,(H,28,30). The van der Waals surface area contributed by atoms with Crippen LogP contribution in [-0.4, -0.2) is 39.3 Å². The molecule has 0 atom stereocenters. The van der Waals surface area contributed by atoms with Crippen molar-refractivity contribution in [3.63, 3.8) is 0 Å². The Balaban J connectivity index is 1.46. The summed E-state index contributed by atoms with van der Waals surface area (Å²) in [6.07, 6.45) is 0. The van der Waals surface area contributed by atoms with Gasteiger partial charge in [0.1, 0.15) is 11.3 Å². The smallest absolute Gasteiger partial charge is 0.344 e. The predicted octanol–water partition coefficient (Wildman–Crippen LogP) is 4.56. The van der Waals surface area contributed by atoms with Crippen LogP contribution in [0.15, 0.2) is 82.0 Å². The molecule has 2 heterocycles. The largest absolute Gasteiger partial charge is 0.497 e. The second kappa shape index (κ2) is 9.41. The molecule has 172 valence electrons. The summed E-state index contributed by atoms with van der Waals surface area (Å²) in [4.78, 5) is 28.0. The number of amides is 1. The van der Waals surface area contributed by atoms with E-state index in [4.69, 9.17) is 13.9 Å². The molecule has 4 aromatic rings. The van der Waals surface area contributed by atoms with Gasteiger partial charge in [-0.2, -0.15) is 0 Å². The van der Waals surface area contributed by atoms with Crippen LogP contribution in [0.5, 0.6) is 5.75 Å². The number of rotatable bonds is 5. The molecule has 0 unspecified atom stereocenters. The first-order chi connectivity index (χ1) is 16.6. The van der Waals surface area contributed by atoms with Gasteiger partial charge in [-0.1, -0.05) is 30.3 Å². The number of benzene rings is 3. The van der Waals surface area contributed by atoms with Crippen LogP contribution in [0.25, 0.3) is 22.1 Å². The quantitative estimate of drug-likeness (QED) is 0.444. The SMILES string of the molecule is COc1ccc(N2CCOCC2)c(NC(=O)c2cccc(-c3cc4ccccc4oc3=O)c2)c1. The summed E-state index contributed by atoms with van der Waals surface area (Å²) in [5, 5.41) is 3.84. The van der Waals surface area contributed by atoms with Crippen LogP contribution >= 0.6 is 0 Å². The number of carbonyl (C=O) groups excluding carboxylic acids is 1. The number of hydrogen-bond donors (Lipinski definition) is 1. The van der Waals surface area contributed by atoms with Crippen molar-refractivity contribution in [1.82, 2.24) is 0 Å². The van der Waals surface area contributed by atoms with E-state index in [-0.39, 0.29) is 5.91 Å². The normalized spacial score (nSPS) is 13.6. The highest BCUT2D eigenvalue weighted by molar-refractivity contribution is 6.06. The molecule has 1 N–H and O–H groups in total. The zero-order valence-electron chi connectivity index (χ0n) is 18.7. The average molecular weight is 456 g/mol. The molecule has 3 aromatic carbocycles. The van der Waals surface area contributed by atoms with Gasteiger partial charge < -0.3 is 24.1 Å². The molecule has 0 bridgehead atoms. The Hall–Kier alpha value is -4.10. The minimum atomic E-state index is -0.446. The Morgan fingerprint density at radius 3 is 2.62 bits per heavy atom. The lowest BCUT2D eigenvalue weighted by Gasteiger charge is -2.30. The second-order valence-electron chi connectivity index (χ2n) is 8.00. The van der Waals surface area contributed by atoms with Crippen molar-refractivity contribution in [3.8, 4) is 16.9 Å². The lowest BCUT2D eigenvalue weighted by Crippen LogP contribution is -2.36. The zero-order valence-corrected chi connectivity index (χ0v) is 18.7. The maximum atomic E-state index is 13.2. The van der Waals surface area contributed by atoms with E-state index in [1.807, 2.05) is 36.4 Å². The molecule has 7 nitrogen and oxygen atoms in total.